The van der Waals surface area contributed by atoms with Crippen LogP contribution in [-0.4, -0.2) is 35.0 Å². The van der Waals surface area contributed by atoms with Gasteiger partial charge in [0.05, 0.1) is 17.6 Å². The van der Waals surface area contributed by atoms with E-state index < -0.39 is 0 Å². The zero-order valence-corrected chi connectivity index (χ0v) is 13.1. The van der Waals surface area contributed by atoms with Gasteiger partial charge in [0.2, 0.25) is 0 Å². The summed E-state index contributed by atoms with van der Waals surface area (Å²) in [5.41, 5.74) is 6.14. The van der Waals surface area contributed by atoms with Gasteiger partial charge in [-0.25, -0.2) is 0 Å². The summed E-state index contributed by atoms with van der Waals surface area (Å²) in [7, 11) is 0. The highest BCUT2D eigenvalue weighted by atomic mass is 32.1. The molecule has 0 heterocycles. The van der Waals surface area contributed by atoms with Gasteiger partial charge in [0.25, 0.3) is 5.91 Å². The smallest absolute Gasteiger partial charge is 0.254 e. The molecular weight excluding hydrogens is 272 g/mol. The average molecular weight is 294 g/mol. The molecule has 1 amide bonds. The van der Waals surface area contributed by atoms with Gasteiger partial charge >= 0.3 is 0 Å². The molecule has 0 aliphatic heterocycles. The Morgan fingerprint density at radius 1 is 1.45 bits per heavy atom. The summed E-state index contributed by atoms with van der Waals surface area (Å²) >= 11 is 4.90. The summed E-state index contributed by atoms with van der Waals surface area (Å²) in [6.07, 6.45) is 0.931. The highest BCUT2D eigenvalue weighted by Gasteiger charge is 2.16. The molecule has 5 heteroatoms. The average Bonchev–Trinajstić information content (AvgIpc) is 2.36. The predicted molar refractivity (Wildman–Crippen MR) is 85.2 cm³/mol. The fourth-order valence-corrected chi connectivity index (χ4v) is 2.02. The highest BCUT2D eigenvalue weighted by Crippen LogP contribution is 2.16. The predicted octanol–water partition coefficient (Wildman–Crippen LogP) is 2.61. The maximum Gasteiger partial charge on any atom is 0.254 e. The molecule has 1 aromatic carbocycles. The Morgan fingerprint density at radius 3 is 2.70 bits per heavy atom. The van der Waals surface area contributed by atoms with E-state index in [0.29, 0.717) is 29.4 Å². The van der Waals surface area contributed by atoms with E-state index in [1.165, 1.54) is 0 Å². The number of hydrogen-bond acceptors (Lipinski definition) is 3. The fraction of sp³-hybridized carbons (Fsp3) is 0.467. The van der Waals surface area contributed by atoms with Gasteiger partial charge in [-0.15, -0.1) is 0 Å². The number of amides is 1. The first-order chi connectivity index (χ1) is 9.43. The Labute approximate surface area is 125 Å². The van der Waals surface area contributed by atoms with Gasteiger partial charge in [-0.1, -0.05) is 25.2 Å². The standard InChI is InChI=1S/C15H22N2O2S/c1-4-8-17(10-14(16)20)15(18)12-6-5-7-13(9-12)19-11(2)3/h5-7,9,11H,4,8,10H2,1-3H3,(H2,16,20). The summed E-state index contributed by atoms with van der Waals surface area (Å²) in [6.45, 7) is 6.84. The van der Waals surface area contributed by atoms with Crippen LogP contribution in [0.3, 0.4) is 0 Å². The molecule has 0 radical (unpaired) electrons. The Balaban J connectivity index is 2.90. The number of carbonyl (C=O) groups excluding carboxylic acids is 1. The summed E-state index contributed by atoms with van der Waals surface area (Å²) < 4.78 is 5.60. The number of carbonyl (C=O) groups is 1. The number of rotatable bonds is 7. The third-order valence-corrected chi connectivity index (χ3v) is 2.71. The van der Waals surface area contributed by atoms with Crippen molar-refractivity contribution in [1.82, 2.24) is 4.90 Å². The van der Waals surface area contributed by atoms with E-state index >= 15 is 0 Å². The molecular formula is C15H22N2O2S. The van der Waals surface area contributed by atoms with Crippen LogP contribution in [0.1, 0.15) is 37.6 Å². The zero-order valence-electron chi connectivity index (χ0n) is 12.3. The van der Waals surface area contributed by atoms with Crippen LogP contribution in [0.4, 0.5) is 0 Å². The molecule has 4 nitrogen and oxygen atoms in total. The van der Waals surface area contributed by atoms with Crippen molar-refractivity contribution in [3.63, 3.8) is 0 Å². The van der Waals surface area contributed by atoms with E-state index in [1.807, 2.05) is 32.9 Å². The lowest BCUT2D eigenvalue weighted by molar-refractivity contribution is 0.0779. The van der Waals surface area contributed by atoms with Gasteiger partial charge in [-0.2, -0.15) is 0 Å². The van der Waals surface area contributed by atoms with Gasteiger partial charge in [0.15, 0.2) is 0 Å². The van der Waals surface area contributed by atoms with Crippen molar-refractivity contribution in [2.24, 2.45) is 5.73 Å². The minimum Gasteiger partial charge on any atom is -0.491 e. The molecule has 0 spiro atoms. The Kier molecular flexibility index (Phi) is 6.45. The van der Waals surface area contributed by atoms with Crippen molar-refractivity contribution in [2.75, 3.05) is 13.1 Å². The molecule has 0 fully saturated rings. The van der Waals surface area contributed by atoms with Crippen molar-refractivity contribution in [3.05, 3.63) is 29.8 Å². The lowest BCUT2D eigenvalue weighted by Crippen LogP contribution is -2.38. The highest BCUT2D eigenvalue weighted by molar-refractivity contribution is 7.80. The molecule has 20 heavy (non-hydrogen) atoms. The summed E-state index contributed by atoms with van der Waals surface area (Å²) in [5.74, 6) is 0.617. The lowest BCUT2D eigenvalue weighted by atomic mass is 10.2. The van der Waals surface area contributed by atoms with Gasteiger partial charge in [-0.3, -0.25) is 4.79 Å². The molecule has 0 atom stereocenters. The molecule has 0 aliphatic rings. The quantitative estimate of drug-likeness (QED) is 0.785. The Morgan fingerprint density at radius 2 is 2.15 bits per heavy atom. The molecule has 0 saturated heterocycles. The second-order valence-electron chi connectivity index (χ2n) is 4.89. The van der Waals surface area contributed by atoms with Crippen LogP contribution in [-0.2, 0) is 0 Å². The number of ether oxygens (including phenoxy) is 1. The van der Waals surface area contributed by atoms with Gasteiger partial charge in [-0.05, 0) is 38.5 Å². The molecule has 0 unspecified atom stereocenters. The van der Waals surface area contributed by atoms with Crippen LogP contribution in [0.5, 0.6) is 5.75 Å². The van der Waals surface area contributed by atoms with Crippen molar-refractivity contribution < 1.29 is 9.53 Å². The van der Waals surface area contributed by atoms with Crippen molar-refractivity contribution in [1.29, 1.82) is 0 Å². The number of nitrogens with zero attached hydrogens (tertiary/aromatic N) is 1. The molecule has 0 bridgehead atoms. The minimum absolute atomic E-state index is 0.0729. The van der Waals surface area contributed by atoms with Crippen molar-refractivity contribution in [2.45, 2.75) is 33.3 Å². The van der Waals surface area contributed by atoms with Crippen LogP contribution in [0.2, 0.25) is 0 Å². The normalized spacial score (nSPS) is 10.4. The maximum atomic E-state index is 12.5. The van der Waals surface area contributed by atoms with E-state index in [2.05, 4.69) is 0 Å². The number of thiocarbonyl (C=S) groups is 1. The second kappa shape index (κ2) is 7.85. The Bertz CT molecular complexity index is 475. The van der Waals surface area contributed by atoms with E-state index in [-0.39, 0.29) is 12.0 Å². The first-order valence-corrected chi connectivity index (χ1v) is 7.19. The lowest BCUT2D eigenvalue weighted by Gasteiger charge is -2.22. The molecule has 2 N–H and O–H groups in total. The third kappa shape index (κ3) is 5.17. The summed E-state index contributed by atoms with van der Waals surface area (Å²) in [6, 6.07) is 7.19. The second-order valence-corrected chi connectivity index (χ2v) is 5.41. The van der Waals surface area contributed by atoms with Crippen LogP contribution in [0, 0.1) is 0 Å². The molecule has 0 aliphatic carbocycles. The number of nitrogens with two attached hydrogens (primary N) is 1. The number of benzene rings is 1. The molecule has 1 rings (SSSR count). The largest absolute Gasteiger partial charge is 0.491 e. The van der Waals surface area contributed by atoms with Crippen LogP contribution < -0.4 is 10.5 Å². The van der Waals surface area contributed by atoms with Crippen molar-refractivity contribution in [3.8, 4) is 5.75 Å². The molecule has 0 saturated carbocycles. The van der Waals surface area contributed by atoms with Crippen LogP contribution in [0.25, 0.3) is 0 Å². The van der Waals surface area contributed by atoms with Gasteiger partial charge in [0, 0.05) is 12.1 Å². The van der Waals surface area contributed by atoms with Crippen molar-refractivity contribution >= 4 is 23.1 Å². The topological polar surface area (TPSA) is 55.6 Å². The SMILES string of the molecule is CCCN(CC(N)=S)C(=O)c1cccc(OC(C)C)c1. The third-order valence-electron chi connectivity index (χ3n) is 2.58. The van der Waals surface area contributed by atoms with Crippen LogP contribution >= 0.6 is 12.2 Å². The van der Waals surface area contributed by atoms with Crippen LogP contribution in [0.15, 0.2) is 24.3 Å². The van der Waals surface area contributed by atoms with E-state index in [4.69, 9.17) is 22.7 Å². The van der Waals surface area contributed by atoms with E-state index in [0.717, 1.165) is 6.42 Å². The Hall–Kier alpha value is -1.62. The minimum atomic E-state index is -0.0751. The monoisotopic (exact) mass is 294 g/mol. The van der Waals surface area contributed by atoms with E-state index in [9.17, 15) is 4.79 Å². The number of hydrogen-bond donors (Lipinski definition) is 1. The molecule has 1 aromatic rings. The van der Waals surface area contributed by atoms with E-state index in [1.54, 1.807) is 17.0 Å². The van der Waals surface area contributed by atoms with Gasteiger partial charge < -0.3 is 15.4 Å². The fourth-order valence-electron chi connectivity index (χ4n) is 1.87. The maximum absolute atomic E-state index is 12.5. The molecule has 110 valence electrons. The summed E-state index contributed by atoms with van der Waals surface area (Å²) in [5, 5.41) is 0. The molecule has 0 aromatic heterocycles. The summed E-state index contributed by atoms with van der Waals surface area (Å²) in [4.78, 5) is 14.4. The first kappa shape index (κ1) is 16.4. The first-order valence-electron chi connectivity index (χ1n) is 6.78. The zero-order chi connectivity index (χ0) is 15.1. The van der Waals surface area contributed by atoms with Gasteiger partial charge in [0.1, 0.15) is 5.75 Å².